The van der Waals surface area contributed by atoms with Crippen LogP contribution in [0.1, 0.15) is 32.7 Å². The molecule has 0 spiro atoms. The lowest BCUT2D eigenvalue weighted by molar-refractivity contribution is 0.0984. The van der Waals surface area contributed by atoms with Gasteiger partial charge in [0.25, 0.3) is 5.91 Å². The molecule has 0 saturated heterocycles. The molecule has 22 heavy (non-hydrogen) atoms. The summed E-state index contributed by atoms with van der Waals surface area (Å²) in [5, 5.41) is 11.8. The number of ketones is 1. The van der Waals surface area contributed by atoms with Gasteiger partial charge in [-0.05, 0) is 18.2 Å². The maximum atomic E-state index is 12.5. The zero-order chi connectivity index (χ0) is 15.5. The van der Waals surface area contributed by atoms with Crippen molar-refractivity contribution in [3.8, 4) is 6.07 Å². The zero-order valence-electron chi connectivity index (χ0n) is 11.6. The number of amides is 1. The lowest BCUT2D eigenvalue weighted by atomic mass is 10.0. The average Bonchev–Trinajstić information content (AvgIpc) is 2.55. The lowest BCUT2D eigenvalue weighted by Gasteiger charge is -2.17. The predicted octanol–water partition coefficient (Wildman–Crippen LogP) is 3.49. The van der Waals surface area contributed by atoms with E-state index in [1.54, 1.807) is 42.5 Å². The summed E-state index contributed by atoms with van der Waals surface area (Å²) in [7, 11) is 0. The average molecular weight is 308 g/mol. The third-order valence-corrected chi connectivity index (χ3v) is 4.57. The molecule has 1 heterocycles. The Hall–Kier alpha value is -2.58. The van der Waals surface area contributed by atoms with Crippen molar-refractivity contribution in [1.29, 1.82) is 5.26 Å². The lowest BCUT2D eigenvalue weighted by Crippen LogP contribution is -2.17. The summed E-state index contributed by atoms with van der Waals surface area (Å²) < 4.78 is 0. The molecule has 2 aromatic rings. The van der Waals surface area contributed by atoms with E-state index in [2.05, 4.69) is 5.32 Å². The molecule has 4 nitrogen and oxygen atoms in total. The molecule has 0 fully saturated rings. The maximum absolute atomic E-state index is 12.5. The highest BCUT2D eigenvalue weighted by molar-refractivity contribution is 7.99. The number of anilines is 1. The van der Waals surface area contributed by atoms with E-state index in [-0.39, 0.29) is 11.7 Å². The number of carbonyl (C=O) groups is 2. The smallest absolute Gasteiger partial charge is 0.256 e. The number of nitrogens with zero attached hydrogens (tertiary/aromatic N) is 1. The van der Waals surface area contributed by atoms with E-state index in [1.165, 1.54) is 11.8 Å². The van der Waals surface area contributed by atoms with Crippen molar-refractivity contribution in [2.75, 3.05) is 11.1 Å². The van der Waals surface area contributed by atoms with Crippen LogP contribution in [0.15, 0.2) is 47.4 Å². The van der Waals surface area contributed by atoms with E-state index in [0.29, 0.717) is 34.6 Å². The monoisotopic (exact) mass is 308 g/mol. The SMILES string of the molecule is N#Cc1ccccc1NC(=O)c1cccc2c1SCCC2=O. The van der Waals surface area contributed by atoms with Gasteiger partial charge in [0, 0.05) is 22.6 Å². The number of carbonyl (C=O) groups excluding carboxylic acids is 2. The molecule has 0 unspecified atom stereocenters. The van der Waals surface area contributed by atoms with Crippen LogP contribution in [0.5, 0.6) is 0 Å². The van der Waals surface area contributed by atoms with Crippen LogP contribution in [-0.2, 0) is 0 Å². The number of Topliss-reactive ketones (excluding diaryl/α,β-unsaturated/α-hetero) is 1. The molecule has 0 bridgehead atoms. The molecule has 0 radical (unpaired) electrons. The maximum Gasteiger partial charge on any atom is 0.256 e. The molecule has 0 aromatic heterocycles. The van der Waals surface area contributed by atoms with E-state index >= 15 is 0 Å². The minimum absolute atomic E-state index is 0.0702. The summed E-state index contributed by atoms with van der Waals surface area (Å²) in [4.78, 5) is 25.2. The van der Waals surface area contributed by atoms with E-state index < -0.39 is 0 Å². The van der Waals surface area contributed by atoms with Gasteiger partial charge < -0.3 is 5.32 Å². The van der Waals surface area contributed by atoms with E-state index in [1.807, 2.05) is 6.07 Å². The van der Waals surface area contributed by atoms with Crippen LogP contribution >= 0.6 is 11.8 Å². The van der Waals surface area contributed by atoms with Crippen molar-refractivity contribution in [2.45, 2.75) is 11.3 Å². The van der Waals surface area contributed by atoms with Gasteiger partial charge in [0.1, 0.15) is 6.07 Å². The van der Waals surface area contributed by atoms with Crippen LogP contribution in [0.3, 0.4) is 0 Å². The number of nitrogens with one attached hydrogen (secondary N) is 1. The first-order chi connectivity index (χ1) is 10.7. The van der Waals surface area contributed by atoms with Crippen LogP contribution in [0.2, 0.25) is 0 Å². The predicted molar refractivity (Wildman–Crippen MR) is 85.2 cm³/mol. The fraction of sp³-hybridized carbons (Fsp3) is 0.118. The van der Waals surface area contributed by atoms with Gasteiger partial charge in [-0.1, -0.05) is 24.3 Å². The molecule has 3 rings (SSSR count). The van der Waals surface area contributed by atoms with Crippen LogP contribution in [0.25, 0.3) is 0 Å². The molecule has 5 heteroatoms. The molecule has 0 aliphatic carbocycles. The highest BCUT2D eigenvalue weighted by Crippen LogP contribution is 2.33. The number of fused-ring (bicyclic) bond motifs is 1. The second kappa shape index (κ2) is 6.04. The summed E-state index contributed by atoms with van der Waals surface area (Å²) >= 11 is 1.52. The van der Waals surface area contributed by atoms with Gasteiger partial charge in [0.2, 0.25) is 0 Å². The van der Waals surface area contributed by atoms with Gasteiger partial charge in [-0.2, -0.15) is 5.26 Å². The molecule has 2 aromatic carbocycles. The number of thioether (sulfide) groups is 1. The minimum Gasteiger partial charge on any atom is -0.321 e. The number of nitriles is 1. The minimum atomic E-state index is -0.304. The van der Waals surface area contributed by atoms with Crippen molar-refractivity contribution in [1.82, 2.24) is 0 Å². The Bertz CT molecular complexity index is 809. The van der Waals surface area contributed by atoms with Gasteiger partial charge in [0.15, 0.2) is 5.78 Å². The highest BCUT2D eigenvalue weighted by Gasteiger charge is 2.23. The standard InChI is InChI=1S/C17H12N2O2S/c18-10-11-4-1-2-7-14(11)19-17(21)13-6-3-5-12-15(20)8-9-22-16(12)13/h1-7H,8-9H2,(H,19,21). The Morgan fingerprint density at radius 1 is 1.18 bits per heavy atom. The molecule has 1 N–H and O–H groups in total. The van der Waals surface area contributed by atoms with Crippen molar-refractivity contribution in [2.24, 2.45) is 0 Å². The largest absolute Gasteiger partial charge is 0.321 e. The summed E-state index contributed by atoms with van der Waals surface area (Å²) in [5.74, 6) is 0.452. The number of rotatable bonds is 2. The quantitative estimate of drug-likeness (QED) is 0.922. The van der Waals surface area contributed by atoms with Gasteiger partial charge in [-0.15, -0.1) is 11.8 Å². The Balaban J connectivity index is 1.95. The zero-order valence-corrected chi connectivity index (χ0v) is 12.4. The highest BCUT2D eigenvalue weighted by atomic mass is 32.2. The first-order valence-corrected chi connectivity index (χ1v) is 7.79. The molecule has 1 aliphatic rings. The van der Waals surface area contributed by atoms with Crippen molar-refractivity contribution < 1.29 is 9.59 Å². The van der Waals surface area contributed by atoms with Crippen molar-refractivity contribution in [3.63, 3.8) is 0 Å². The molecule has 0 saturated carbocycles. The third kappa shape index (κ3) is 2.61. The summed E-state index contributed by atoms with van der Waals surface area (Å²) in [6.45, 7) is 0. The van der Waals surface area contributed by atoms with Crippen LogP contribution in [0.4, 0.5) is 5.69 Å². The molecular weight excluding hydrogens is 296 g/mol. The summed E-state index contributed by atoms with van der Waals surface area (Å²) in [6.07, 6.45) is 0.500. The van der Waals surface area contributed by atoms with Gasteiger partial charge >= 0.3 is 0 Å². The molecular formula is C17H12N2O2S. The van der Waals surface area contributed by atoms with E-state index in [0.717, 1.165) is 4.90 Å². The fourth-order valence-electron chi connectivity index (χ4n) is 2.35. The first-order valence-electron chi connectivity index (χ1n) is 6.80. The number of hydrogen-bond donors (Lipinski definition) is 1. The van der Waals surface area contributed by atoms with Crippen molar-refractivity contribution in [3.05, 3.63) is 59.2 Å². The number of benzene rings is 2. The summed E-state index contributed by atoms with van der Waals surface area (Å²) in [6, 6.07) is 14.1. The normalized spacial score (nSPS) is 13.1. The molecule has 1 amide bonds. The number of para-hydroxylation sites is 1. The Morgan fingerprint density at radius 2 is 2.00 bits per heavy atom. The number of hydrogen-bond acceptors (Lipinski definition) is 4. The van der Waals surface area contributed by atoms with Crippen LogP contribution in [0, 0.1) is 11.3 Å². The Morgan fingerprint density at radius 3 is 2.82 bits per heavy atom. The van der Waals surface area contributed by atoms with Crippen LogP contribution < -0.4 is 5.32 Å². The van der Waals surface area contributed by atoms with Crippen LogP contribution in [-0.4, -0.2) is 17.4 Å². The molecule has 0 atom stereocenters. The Labute approximate surface area is 132 Å². The van der Waals surface area contributed by atoms with E-state index in [4.69, 9.17) is 5.26 Å². The summed E-state index contributed by atoms with van der Waals surface area (Å²) in [5.41, 5.74) is 1.96. The van der Waals surface area contributed by atoms with Gasteiger partial charge in [0.05, 0.1) is 16.8 Å². The molecule has 1 aliphatic heterocycles. The third-order valence-electron chi connectivity index (χ3n) is 3.43. The van der Waals surface area contributed by atoms with Crippen molar-refractivity contribution >= 4 is 29.1 Å². The Kier molecular flexibility index (Phi) is 3.94. The fourth-order valence-corrected chi connectivity index (χ4v) is 3.50. The second-order valence-corrected chi connectivity index (χ2v) is 5.92. The van der Waals surface area contributed by atoms with Gasteiger partial charge in [-0.25, -0.2) is 0 Å². The first kappa shape index (κ1) is 14.4. The van der Waals surface area contributed by atoms with E-state index in [9.17, 15) is 9.59 Å². The molecule has 108 valence electrons. The topological polar surface area (TPSA) is 70.0 Å². The van der Waals surface area contributed by atoms with Gasteiger partial charge in [-0.3, -0.25) is 9.59 Å². The second-order valence-electron chi connectivity index (χ2n) is 4.82.